The number of aromatic nitrogens is 3. The maximum absolute atomic E-state index is 14.1. The number of aliphatic hydroxyl groups excluding tert-OH is 1. The molecule has 0 radical (unpaired) electrons. The molecule has 0 aliphatic carbocycles. The van der Waals surface area contributed by atoms with Crippen LogP contribution in [0.1, 0.15) is 24.5 Å². The van der Waals surface area contributed by atoms with Gasteiger partial charge in [-0.2, -0.15) is 23.0 Å². The minimum Gasteiger partial charge on any atom is -0.444 e. The minimum atomic E-state index is -4.73. The van der Waals surface area contributed by atoms with E-state index in [1.165, 1.54) is 24.6 Å². The van der Waals surface area contributed by atoms with Crippen LogP contribution in [-0.2, 0) is 6.18 Å². The summed E-state index contributed by atoms with van der Waals surface area (Å²) >= 11 is 0. The highest BCUT2D eigenvalue weighted by atomic mass is 19.4. The van der Waals surface area contributed by atoms with Gasteiger partial charge < -0.3 is 19.7 Å². The average Bonchev–Trinajstić information content (AvgIpc) is 3.56. The number of β-amino-alcohol motifs (C(OH)–C–C–N with tert-alkyl or cyclic N) is 1. The molecule has 1 saturated heterocycles. The van der Waals surface area contributed by atoms with E-state index in [0.717, 1.165) is 16.3 Å². The molecule has 5 rings (SSSR count). The fourth-order valence-corrected chi connectivity index (χ4v) is 4.66. The van der Waals surface area contributed by atoms with Gasteiger partial charge in [0.15, 0.2) is 12.2 Å². The van der Waals surface area contributed by atoms with E-state index < -0.39 is 23.4 Å². The van der Waals surface area contributed by atoms with Crippen LogP contribution in [0.5, 0.6) is 0 Å². The fourth-order valence-electron chi connectivity index (χ4n) is 4.66. The van der Waals surface area contributed by atoms with E-state index in [4.69, 9.17) is 4.42 Å². The van der Waals surface area contributed by atoms with Crippen LogP contribution < -0.4 is 15.8 Å². The molecule has 0 amide bonds. The number of nitrogens with zero attached hydrogens (tertiary/aromatic N) is 4. The summed E-state index contributed by atoms with van der Waals surface area (Å²) in [6.07, 6.45) is -1.91. The highest BCUT2D eigenvalue weighted by molar-refractivity contribution is 5.71. The molecule has 1 fully saturated rings. The van der Waals surface area contributed by atoms with Crippen LogP contribution in [-0.4, -0.2) is 45.6 Å². The molecule has 4 aromatic rings. The van der Waals surface area contributed by atoms with Crippen LogP contribution in [0, 0.1) is 6.92 Å². The Hall–Kier alpha value is -4.12. The Morgan fingerprint density at radius 2 is 1.95 bits per heavy atom. The van der Waals surface area contributed by atoms with Crippen LogP contribution in [0.15, 0.2) is 64.3 Å². The van der Waals surface area contributed by atoms with Crippen LogP contribution in [0.2, 0.25) is 0 Å². The molecule has 1 aliphatic heterocycles. The number of benzene rings is 2. The summed E-state index contributed by atoms with van der Waals surface area (Å²) in [5, 5.41) is 17.3. The second-order valence-corrected chi connectivity index (χ2v) is 9.23. The van der Waals surface area contributed by atoms with Crippen molar-refractivity contribution in [1.82, 2.24) is 14.8 Å². The lowest BCUT2D eigenvalue weighted by Gasteiger charge is -2.22. The normalized spacial score (nSPS) is 15.7. The summed E-state index contributed by atoms with van der Waals surface area (Å²) < 4.78 is 48.7. The largest absolute Gasteiger partial charge is 0.444 e. The molecule has 2 aromatic heterocycles. The Morgan fingerprint density at radius 3 is 2.61 bits per heavy atom. The summed E-state index contributed by atoms with van der Waals surface area (Å²) in [5.41, 5.74) is 0.996. The zero-order valence-corrected chi connectivity index (χ0v) is 20.8. The van der Waals surface area contributed by atoms with E-state index in [-0.39, 0.29) is 11.4 Å². The maximum atomic E-state index is 14.1. The molecule has 0 bridgehead atoms. The van der Waals surface area contributed by atoms with E-state index in [9.17, 15) is 23.1 Å². The lowest BCUT2D eigenvalue weighted by atomic mass is 10.0. The topological polar surface area (TPSA) is 96.4 Å². The highest BCUT2D eigenvalue weighted by Gasteiger charge is 2.35. The van der Waals surface area contributed by atoms with Crippen LogP contribution in [0.4, 0.5) is 24.5 Å². The van der Waals surface area contributed by atoms with Crippen LogP contribution >= 0.6 is 0 Å². The second kappa shape index (κ2) is 9.97. The molecule has 198 valence electrons. The first kappa shape index (κ1) is 25.5. The lowest BCUT2D eigenvalue weighted by molar-refractivity contribution is -0.137. The molecule has 2 aromatic carbocycles. The maximum Gasteiger partial charge on any atom is 0.418 e. The van der Waals surface area contributed by atoms with Crippen molar-refractivity contribution in [3.05, 3.63) is 76.5 Å². The number of aryl methyl sites for hydroxylation is 1. The molecular formula is C27H26F3N5O3. The summed E-state index contributed by atoms with van der Waals surface area (Å²) in [7, 11) is 0. The van der Waals surface area contributed by atoms with E-state index in [0.29, 0.717) is 54.3 Å². The average molecular weight is 526 g/mol. The van der Waals surface area contributed by atoms with Gasteiger partial charge in [0.25, 0.3) is 5.56 Å². The quantitative estimate of drug-likeness (QED) is 0.370. The minimum absolute atomic E-state index is 0.121. The van der Waals surface area contributed by atoms with Gasteiger partial charge in [0.1, 0.15) is 5.69 Å². The van der Waals surface area contributed by atoms with E-state index >= 15 is 0 Å². The van der Waals surface area contributed by atoms with Crippen LogP contribution in [0.25, 0.3) is 28.3 Å². The second-order valence-electron chi connectivity index (χ2n) is 9.23. The Kier molecular flexibility index (Phi) is 6.70. The summed E-state index contributed by atoms with van der Waals surface area (Å²) in [4.78, 5) is 19.2. The van der Waals surface area contributed by atoms with Crippen molar-refractivity contribution in [1.29, 1.82) is 0 Å². The lowest BCUT2D eigenvalue weighted by Crippen LogP contribution is -2.28. The van der Waals surface area contributed by atoms with Gasteiger partial charge >= 0.3 is 6.18 Å². The number of rotatable bonds is 6. The first-order valence-corrected chi connectivity index (χ1v) is 12.2. The third kappa shape index (κ3) is 5.01. The van der Waals surface area contributed by atoms with Crippen molar-refractivity contribution in [2.75, 3.05) is 29.9 Å². The predicted octanol–water partition coefficient (Wildman–Crippen LogP) is 4.88. The van der Waals surface area contributed by atoms with Gasteiger partial charge in [0, 0.05) is 36.4 Å². The van der Waals surface area contributed by atoms with Crippen molar-refractivity contribution in [3.63, 3.8) is 0 Å². The van der Waals surface area contributed by atoms with Crippen molar-refractivity contribution >= 4 is 11.4 Å². The van der Waals surface area contributed by atoms with Gasteiger partial charge in [0.05, 0.1) is 29.2 Å². The van der Waals surface area contributed by atoms with Crippen molar-refractivity contribution in [3.8, 4) is 28.3 Å². The van der Waals surface area contributed by atoms with Crippen molar-refractivity contribution in [2.24, 2.45) is 0 Å². The molecule has 0 saturated carbocycles. The molecule has 38 heavy (non-hydrogen) atoms. The molecule has 3 heterocycles. The number of halogens is 3. The van der Waals surface area contributed by atoms with Gasteiger partial charge in [-0.05, 0) is 68.3 Å². The van der Waals surface area contributed by atoms with E-state index in [1.807, 2.05) is 19.1 Å². The molecule has 1 atom stereocenters. The molecule has 11 heteroatoms. The summed E-state index contributed by atoms with van der Waals surface area (Å²) in [6, 6.07) is 10.7. The monoisotopic (exact) mass is 525 g/mol. The molecule has 8 nitrogen and oxygen atoms in total. The van der Waals surface area contributed by atoms with E-state index in [1.54, 1.807) is 24.1 Å². The van der Waals surface area contributed by atoms with E-state index in [2.05, 4.69) is 15.4 Å². The third-order valence-corrected chi connectivity index (χ3v) is 6.41. The fraction of sp³-hybridized carbons (Fsp3) is 0.296. The number of aliphatic hydroxyl groups is 1. The first-order chi connectivity index (χ1) is 18.1. The van der Waals surface area contributed by atoms with Gasteiger partial charge in [-0.15, -0.1) is 0 Å². The van der Waals surface area contributed by atoms with Crippen molar-refractivity contribution < 1.29 is 22.7 Å². The molecular weight excluding hydrogens is 499 g/mol. The Bertz CT molecular complexity index is 1520. The van der Waals surface area contributed by atoms with Crippen molar-refractivity contribution in [2.45, 2.75) is 32.5 Å². The van der Waals surface area contributed by atoms with Gasteiger partial charge in [-0.25, -0.2) is 4.98 Å². The molecule has 1 aliphatic rings. The molecule has 1 unspecified atom stereocenters. The standard InChI is InChI=1S/C27H26F3N5O3/c1-3-32-23-12-22(17-8-16(2)9-18(10-17)25-13-31-15-38-25)33-35(26(23)37)24-11-19(34-7-6-20(36)14-34)4-5-21(24)27(28,29)30/h4-5,8-13,15,20,32,36H,3,6-7,14H2,1-2H3. The number of anilines is 2. The first-order valence-electron chi connectivity index (χ1n) is 12.2. The Labute approximate surface area is 216 Å². The zero-order valence-electron chi connectivity index (χ0n) is 20.8. The Morgan fingerprint density at radius 1 is 1.16 bits per heavy atom. The van der Waals surface area contributed by atoms with Gasteiger partial charge in [-0.1, -0.05) is 0 Å². The van der Waals surface area contributed by atoms with Crippen LogP contribution in [0.3, 0.4) is 0 Å². The smallest absolute Gasteiger partial charge is 0.418 e. The Balaban J connectivity index is 1.72. The highest BCUT2D eigenvalue weighted by Crippen LogP contribution is 2.37. The molecule has 0 spiro atoms. The SMILES string of the molecule is CCNc1cc(-c2cc(C)cc(-c3cnco3)c2)nn(-c2cc(N3CCC(O)C3)ccc2C(F)(F)F)c1=O. The number of hydrogen-bond donors (Lipinski definition) is 2. The summed E-state index contributed by atoms with van der Waals surface area (Å²) in [5.74, 6) is 0.523. The number of nitrogens with one attached hydrogen (secondary N) is 1. The summed E-state index contributed by atoms with van der Waals surface area (Å²) in [6.45, 7) is 4.83. The number of oxazole rings is 1. The third-order valence-electron chi connectivity index (χ3n) is 6.41. The number of alkyl halides is 3. The predicted molar refractivity (Wildman–Crippen MR) is 138 cm³/mol. The zero-order chi connectivity index (χ0) is 27.0. The molecule has 2 N–H and O–H groups in total. The van der Waals surface area contributed by atoms with Gasteiger partial charge in [0.2, 0.25) is 0 Å². The van der Waals surface area contributed by atoms with Gasteiger partial charge in [-0.3, -0.25) is 4.79 Å². The number of hydrogen-bond acceptors (Lipinski definition) is 7.